The minimum atomic E-state index is -0.129. The van der Waals surface area contributed by atoms with Crippen LogP contribution in [-0.2, 0) is 6.42 Å². The second kappa shape index (κ2) is 9.00. The van der Waals surface area contributed by atoms with Crippen molar-refractivity contribution in [3.05, 3.63) is 53.1 Å². The SMILES string of the molecule is COc1cc(NC(=O)N2CCC(Cc3ccccc3)CC2)c(OC)cc1Cl. The second-order valence-corrected chi connectivity index (χ2v) is 7.14. The van der Waals surface area contributed by atoms with E-state index < -0.39 is 0 Å². The molecule has 144 valence electrons. The highest BCUT2D eigenvalue weighted by Gasteiger charge is 2.24. The van der Waals surface area contributed by atoms with Crippen molar-refractivity contribution in [1.82, 2.24) is 4.90 Å². The van der Waals surface area contributed by atoms with Gasteiger partial charge in [0.15, 0.2) is 0 Å². The average molecular weight is 389 g/mol. The molecule has 0 radical (unpaired) electrons. The first-order valence-electron chi connectivity index (χ1n) is 9.12. The van der Waals surface area contributed by atoms with Crippen molar-refractivity contribution in [1.29, 1.82) is 0 Å². The van der Waals surface area contributed by atoms with E-state index in [1.807, 2.05) is 11.0 Å². The van der Waals surface area contributed by atoms with Crippen LogP contribution in [0.15, 0.2) is 42.5 Å². The number of methoxy groups -OCH3 is 2. The number of rotatable bonds is 5. The molecule has 1 aliphatic rings. The fraction of sp³-hybridized carbons (Fsp3) is 0.381. The fourth-order valence-corrected chi connectivity index (χ4v) is 3.67. The van der Waals surface area contributed by atoms with E-state index in [9.17, 15) is 4.79 Å². The molecule has 6 heteroatoms. The normalized spacial score (nSPS) is 14.7. The van der Waals surface area contributed by atoms with Crippen LogP contribution in [0.25, 0.3) is 0 Å². The number of piperidine rings is 1. The molecule has 0 saturated carbocycles. The monoisotopic (exact) mass is 388 g/mol. The molecule has 0 spiro atoms. The topological polar surface area (TPSA) is 50.8 Å². The predicted molar refractivity (Wildman–Crippen MR) is 108 cm³/mol. The number of hydrogen-bond donors (Lipinski definition) is 1. The molecule has 0 aromatic heterocycles. The number of ether oxygens (including phenoxy) is 2. The number of benzene rings is 2. The second-order valence-electron chi connectivity index (χ2n) is 6.74. The van der Waals surface area contributed by atoms with E-state index in [4.69, 9.17) is 21.1 Å². The lowest BCUT2D eigenvalue weighted by atomic mass is 9.90. The molecule has 2 amide bonds. The molecular formula is C21H25ClN2O3. The summed E-state index contributed by atoms with van der Waals surface area (Å²) in [5.74, 6) is 1.61. The summed E-state index contributed by atoms with van der Waals surface area (Å²) in [6, 6.07) is 13.7. The van der Waals surface area contributed by atoms with Gasteiger partial charge in [0.1, 0.15) is 11.5 Å². The Kier molecular flexibility index (Phi) is 6.45. The summed E-state index contributed by atoms with van der Waals surface area (Å²) in [6.07, 6.45) is 3.07. The smallest absolute Gasteiger partial charge is 0.321 e. The molecule has 0 unspecified atom stereocenters. The Labute approximate surface area is 165 Å². The Bertz CT molecular complexity index is 774. The minimum Gasteiger partial charge on any atom is -0.495 e. The molecule has 0 aliphatic carbocycles. The van der Waals surface area contributed by atoms with Gasteiger partial charge >= 0.3 is 6.03 Å². The molecule has 2 aromatic carbocycles. The molecule has 27 heavy (non-hydrogen) atoms. The number of carbonyl (C=O) groups excluding carboxylic acids is 1. The van der Waals surface area contributed by atoms with Crippen LogP contribution in [0, 0.1) is 5.92 Å². The Balaban J connectivity index is 1.58. The van der Waals surface area contributed by atoms with Crippen molar-refractivity contribution in [2.24, 2.45) is 5.92 Å². The van der Waals surface area contributed by atoms with Crippen LogP contribution in [0.4, 0.5) is 10.5 Å². The molecular weight excluding hydrogens is 364 g/mol. The van der Waals surface area contributed by atoms with Gasteiger partial charge in [0.05, 0.1) is 24.9 Å². The van der Waals surface area contributed by atoms with E-state index >= 15 is 0 Å². The van der Waals surface area contributed by atoms with E-state index in [0.29, 0.717) is 28.1 Å². The lowest BCUT2D eigenvalue weighted by Gasteiger charge is -2.32. The Morgan fingerprint density at radius 2 is 1.78 bits per heavy atom. The standard InChI is InChI=1S/C21H25ClN2O3/c1-26-19-14-18(20(27-2)13-17(19)22)23-21(25)24-10-8-16(9-11-24)12-15-6-4-3-5-7-15/h3-7,13-14,16H,8-12H2,1-2H3,(H,23,25). The van der Waals surface area contributed by atoms with Crippen molar-refractivity contribution in [3.8, 4) is 11.5 Å². The van der Waals surface area contributed by atoms with Crippen molar-refractivity contribution in [2.75, 3.05) is 32.6 Å². The summed E-state index contributed by atoms with van der Waals surface area (Å²) >= 11 is 6.12. The number of urea groups is 1. The van der Waals surface area contributed by atoms with Gasteiger partial charge in [0.25, 0.3) is 0 Å². The maximum atomic E-state index is 12.7. The first-order valence-corrected chi connectivity index (χ1v) is 9.50. The Morgan fingerprint density at radius 1 is 1.11 bits per heavy atom. The first-order chi connectivity index (χ1) is 13.1. The molecule has 5 nitrogen and oxygen atoms in total. The summed E-state index contributed by atoms with van der Waals surface area (Å²) in [4.78, 5) is 14.5. The Hall–Kier alpha value is -2.40. The van der Waals surface area contributed by atoms with Crippen LogP contribution in [0.3, 0.4) is 0 Å². The third-order valence-electron chi connectivity index (χ3n) is 4.98. The van der Waals surface area contributed by atoms with Gasteiger partial charge < -0.3 is 19.7 Å². The third kappa shape index (κ3) is 4.86. The summed E-state index contributed by atoms with van der Waals surface area (Å²) in [7, 11) is 3.08. The van der Waals surface area contributed by atoms with Gasteiger partial charge in [0, 0.05) is 25.2 Å². The zero-order valence-electron chi connectivity index (χ0n) is 15.7. The largest absolute Gasteiger partial charge is 0.495 e. The number of carbonyl (C=O) groups is 1. The van der Waals surface area contributed by atoms with Crippen LogP contribution in [0.2, 0.25) is 5.02 Å². The van der Waals surface area contributed by atoms with Crippen molar-refractivity contribution in [3.63, 3.8) is 0 Å². The maximum Gasteiger partial charge on any atom is 0.321 e. The number of anilines is 1. The van der Waals surface area contributed by atoms with Crippen LogP contribution in [-0.4, -0.2) is 38.2 Å². The van der Waals surface area contributed by atoms with Gasteiger partial charge in [-0.25, -0.2) is 4.79 Å². The lowest BCUT2D eigenvalue weighted by molar-refractivity contribution is 0.182. The predicted octanol–water partition coefficient (Wildman–Crippen LogP) is 4.84. The van der Waals surface area contributed by atoms with Gasteiger partial charge in [0.2, 0.25) is 0 Å². The van der Waals surface area contributed by atoms with Crippen molar-refractivity contribution < 1.29 is 14.3 Å². The quantitative estimate of drug-likeness (QED) is 0.797. The third-order valence-corrected chi connectivity index (χ3v) is 5.28. The van der Waals surface area contributed by atoms with Crippen LogP contribution >= 0.6 is 11.6 Å². The number of nitrogens with one attached hydrogen (secondary N) is 1. The highest BCUT2D eigenvalue weighted by Crippen LogP contribution is 2.36. The molecule has 0 atom stereocenters. The summed E-state index contributed by atoms with van der Waals surface area (Å²) in [5, 5.41) is 3.36. The molecule has 1 saturated heterocycles. The minimum absolute atomic E-state index is 0.129. The number of amides is 2. The summed E-state index contributed by atoms with van der Waals surface area (Å²) in [5.41, 5.74) is 1.91. The zero-order chi connectivity index (χ0) is 19.2. The van der Waals surface area contributed by atoms with Gasteiger partial charge in [-0.3, -0.25) is 0 Å². The van der Waals surface area contributed by atoms with Crippen LogP contribution < -0.4 is 14.8 Å². The van der Waals surface area contributed by atoms with E-state index in [2.05, 4.69) is 29.6 Å². The molecule has 1 fully saturated rings. The van der Waals surface area contributed by atoms with Gasteiger partial charge in [-0.1, -0.05) is 41.9 Å². The average Bonchev–Trinajstić information content (AvgIpc) is 2.70. The summed E-state index contributed by atoms with van der Waals surface area (Å²) in [6.45, 7) is 1.49. The number of nitrogens with zero attached hydrogens (tertiary/aromatic N) is 1. The molecule has 1 N–H and O–H groups in total. The lowest BCUT2D eigenvalue weighted by Crippen LogP contribution is -2.41. The van der Waals surface area contributed by atoms with Gasteiger partial charge in [-0.2, -0.15) is 0 Å². The summed E-state index contributed by atoms with van der Waals surface area (Å²) < 4.78 is 10.6. The fourth-order valence-electron chi connectivity index (χ4n) is 3.44. The maximum absolute atomic E-state index is 12.7. The van der Waals surface area contributed by atoms with Gasteiger partial charge in [-0.15, -0.1) is 0 Å². The number of hydrogen-bond acceptors (Lipinski definition) is 3. The van der Waals surface area contributed by atoms with E-state index in [0.717, 1.165) is 32.4 Å². The molecule has 1 aliphatic heterocycles. The number of likely N-dealkylation sites (tertiary alicyclic amines) is 1. The van der Waals surface area contributed by atoms with Crippen LogP contribution in [0.1, 0.15) is 18.4 Å². The number of halogens is 1. The van der Waals surface area contributed by atoms with Gasteiger partial charge in [-0.05, 0) is 30.7 Å². The molecule has 2 aromatic rings. The van der Waals surface area contributed by atoms with Crippen molar-refractivity contribution >= 4 is 23.3 Å². The Morgan fingerprint density at radius 3 is 2.41 bits per heavy atom. The highest BCUT2D eigenvalue weighted by molar-refractivity contribution is 6.32. The molecule has 0 bridgehead atoms. The molecule has 1 heterocycles. The van der Waals surface area contributed by atoms with E-state index in [-0.39, 0.29) is 6.03 Å². The first kappa shape index (κ1) is 19.4. The zero-order valence-corrected chi connectivity index (χ0v) is 16.5. The van der Waals surface area contributed by atoms with Crippen molar-refractivity contribution in [2.45, 2.75) is 19.3 Å². The highest BCUT2D eigenvalue weighted by atomic mass is 35.5. The van der Waals surface area contributed by atoms with Crippen LogP contribution in [0.5, 0.6) is 11.5 Å². The molecule has 3 rings (SSSR count). The van der Waals surface area contributed by atoms with E-state index in [1.165, 1.54) is 12.7 Å². The van der Waals surface area contributed by atoms with E-state index in [1.54, 1.807) is 19.2 Å².